The third-order valence-corrected chi connectivity index (χ3v) is 5.00. The van der Waals surface area contributed by atoms with E-state index in [1.54, 1.807) is 56.3 Å². The Kier molecular flexibility index (Phi) is 5.30. The summed E-state index contributed by atoms with van der Waals surface area (Å²) in [5, 5.41) is 2.86. The second kappa shape index (κ2) is 7.91. The number of ether oxygens (including phenoxy) is 1. The number of hydrogen-bond donors (Lipinski definition) is 1. The van der Waals surface area contributed by atoms with E-state index in [0.717, 1.165) is 4.47 Å². The summed E-state index contributed by atoms with van der Waals surface area (Å²) in [4.78, 5) is 17.2. The first-order valence-electron chi connectivity index (χ1n) is 9.23. The highest BCUT2D eigenvalue weighted by atomic mass is 79.9. The van der Waals surface area contributed by atoms with Crippen LogP contribution in [0, 0.1) is 5.82 Å². The summed E-state index contributed by atoms with van der Waals surface area (Å²) in [5.41, 5.74) is 1.30. The van der Waals surface area contributed by atoms with Crippen molar-refractivity contribution in [3.8, 4) is 17.2 Å². The first-order chi connectivity index (χ1) is 14.3. The van der Waals surface area contributed by atoms with Crippen LogP contribution in [0.2, 0.25) is 0 Å². The van der Waals surface area contributed by atoms with Crippen LogP contribution in [-0.4, -0.2) is 16.5 Å². The Morgan fingerprint density at radius 1 is 1.07 bits per heavy atom. The van der Waals surface area contributed by atoms with Gasteiger partial charge in [0.05, 0.1) is 0 Å². The van der Waals surface area contributed by atoms with E-state index in [1.165, 1.54) is 12.1 Å². The van der Waals surface area contributed by atoms with Crippen LogP contribution in [0.1, 0.15) is 13.8 Å². The second-order valence-corrected chi connectivity index (χ2v) is 8.14. The molecule has 7 heteroatoms. The summed E-state index contributed by atoms with van der Waals surface area (Å²) in [6.07, 6.45) is 0. The van der Waals surface area contributed by atoms with Gasteiger partial charge in [-0.15, -0.1) is 0 Å². The number of anilines is 1. The van der Waals surface area contributed by atoms with Crippen LogP contribution in [0.15, 0.2) is 75.6 Å². The summed E-state index contributed by atoms with van der Waals surface area (Å²) in [5.74, 6) is 0.349. The number of fused-ring (bicyclic) bond motifs is 1. The number of amides is 1. The monoisotopic (exact) mass is 468 g/mol. The molecular formula is C23H18BrFN2O3. The third kappa shape index (κ3) is 4.36. The van der Waals surface area contributed by atoms with E-state index in [9.17, 15) is 9.18 Å². The van der Waals surface area contributed by atoms with Crippen LogP contribution in [0.25, 0.3) is 22.6 Å². The van der Waals surface area contributed by atoms with Gasteiger partial charge in [0.1, 0.15) is 17.1 Å². The van der Waals surface area contributed by atoms with Crippen LogP contribution in [-0.2, 0) is 4.79 Å². The number of nitrogens with zero attached hydrogens (tertiary/aromatic N) is 1. The molecule has 4 aromatic rings. The fraction of sp³-hybridized carbons (Fsp3) is 0.130. The predicted molar refractivity (Wildman–Crippen MR) is 117 cm³/mol. The maximum atomic E-state index is 13.1. The van der Waals surface area contributed by atoms with E-state index in [4.69, 9.17) is 9.15 Å². The molecule has 0 aliphatic heterocycles. The van der Waals surface area contributed by atoms with E-state index in [2.05, 4.69) is 26.2 Å². The Morgan fingerprint density at radius 3 is 2.47 bits per heavy atom. The fourth-order valence-corrected chi connectivity index (χ4v) is 3.11. The van der Waals surface area contributed by atoms with Gasteiger partial charge in [-0.2, -0.15) is 0 Å². The van der Waals surface area contributed by atoms with Crippen molar-refractivity contribution >= 4 is 38.6 Å². The van der Waals surface area contributed by atoms with Gasteiger partial charge in [-0.25, -0.2) is 9.37 Å². The molecule has 0 saturated heterocycles. The van der Waals surface area contributed by atoms with Gasteiger partial charge >= 0.3 is 0 Å². The van der Waals surface area contributed by atoms with Gasteiger partial charge in [0.25, 0.3) is 5.91 Å². The normalized spacial score (nSPS) is 11.5. The molecule has 0 unspecified atom stereocenters. The average molecular weight is 469 g/mol. The maximum absolute atomic E-state index is 13.1. The molecule has 4 rings (SSSR count). The molecule has 5 nitrogen and oxygen atoms in total. The minimum absolute atomic E-state index is 0.299. The zero-order valence-electron chi connectivity index (χ0n) is 16.3. The molecule has 3 aromatic carbocycles. The number of oxazole rings is 1. The van der Waals surface area contributed by atoms with Crippen molar-refractivity contribution in [3.63, 3.8) is 0 Å². The predicted octanol–water partition coefficient (Wildman–Crippen LogP) is 6.19. The van der Waals surface area contributed by atoms with E-state index in [0.29, 0.717) is 34.0 Å². The highest BCUT2D eigenvalue weighted by Crippen LogP contribution is 2.27. The molecule has 0 aliphatic rings. The number of hydrogen-bond acceptors (Lipinski definition) is 4. The zero-order chi connectivity index (χ0) is 21.3. The lowest BCUT2D eigenvalue weighted by Crippen LogP contribution is -2.42. The molecule has 0 fully saturated rings. The molecule has 0 saturated carbocycles. The molecular weight excluding hydrogens is 451 g/mol. The molecule has 152 valence electrons. The Hall–Kier alpha value is -3.19. The Labute approximate surface area is 181 Å². The Balaban J connectivity index is 1.52. The highest BCUT2D eigenvalue weighted by Gasteiger charge is 2.30. The summed E-state index contributed by atoms with van der Waals surface area (Å²) < 4.78 is 25.6. The van der Waals surface area contributed by atoms with Crippen LogP contribution in [0.4, 0.5) is 10.1 Å². The first kappa shape index (κ1) is 20.1. The number of benzene rings is 3. The van der Waals surface area contributed by atoms with Crippen LogP contribution in [0.5, 0.6) is 5.75 Å². The van der Waals surface area contributed by atoms with Crippen LogP contribution < -0.4 is 10.1 Å². The van der Waals surface area contributed by atoms with Crippen LogP contribution in [0.3, 0.4) is 0 Å². The molecule has 0 atom stereocenters. The maximum Gasteiger partial charge on any atom is 0.267 e. The van der Waals surface area contributed by atoms with E-state index >= 15 is 0 Å². The van der Waals surface area contributed by atoms with E-state index in [1.807, 2.05) is 12.1 Å². The largest absolute Gasteiger partial charge is 0.478 e. The lowest BCUT2D eigenvalue weighted by molar-refractivity contribution is -0.128. The van der Waals surface area contributed by atoms with Gasteiger partial charge in [-0.1, -0.05) is 15.9 Å². The standard InChI is InChI=1S/C23H18BrFN2O3/c1-23(2,30-18-10-5-15(24)6-11-18)22(28)26-17-9-12-20-19(13-17)27-21(29-20)14-3-7-16(25)8-4-14/h3-13H,1-2H3,(H,26,28). The van der Waals surface area contributed by atoms with Crippen molar-refractivity contribution in [2.24, 2.45) is 0 Å². The van der Waals surface area contributed by atoms with Gasteiger partial charge in [-0.05, 0) is 80.6 Å². The average Bonchev–Trinajstić information content (AvgIpc) is 3.13. The topological polar surface area (TPSA) is 64.4 Å². The number of carbonyl (C=O) groups excluding carboxylic acids is 1. The molecule has 0 spiro atoms. The number of aromatic nitrogens is 1. The molecule has 1 amide bonds. The second-order valence-electron chi connectivity index (χ2n) is 7.23. The molecule has 1 aromatic heterocycles. The molecule has 1 heterocycles. The Bertz CT molecular complexity index is 1200. The molecule has 30 heavy (non-hydrogen) atoms. The smallest absolute Gasteiger partial charge is 0.267 e. The van der Waals surface area contributed by atoms with Gasteiger partial charge in [-0.3, -0.25) is 4.79 Å². The van der Waals surface area contributed by atoms with Crippen molar-refractivity contribution < 1.29 is 18.3 Å². The van der Waals surface area contributed by atoms with E-state index in [-0.39, 0.29) is 11.7 Å². The number of halogens is 2. The van der Waals surface area contributed by atoms with Crippen molar-refractivity contribution in [2.75, 3.05) is 5.32 Å². The van der Waals surface area contributed by atoms with Gasteiger partial charge in [0, 0.05) is 15.7 Å². The lowest BCUT2D eigenvalue weighted by Gasteiger charge is -2.25. The summed E-state index contributed by atoms with van der Waals surface area (Å²) in [6.45, 7) is 3.40. The van der Waals surface area contributed by atoms with Gasteiger partial charge in [0.15, 0.2) is 11.2 Å². The SMILES string of the molecule is CC(C)(Oc1ccc(Br)cc1)C(=O)Nc1ccc2oc(-c3ccc(F)cc3)nc2c1. The fourth-order valence-electron chi connectivity index (χ4n) is 2.85. The van der Waals surface area contributed by atoms with Crippen molar-refractivity contribution in [1.29, 1.82) is 0 Å². The van der Waals surface area contributed by atoms with Crippen molar-refractivity contribution in [2.45, 2.75) is 19.4 Å². The van der Waals surface area contributed by atoms with Crippen molar-refractivity contribution in [1.82, 2.24) is 4.98 Å². The lowest BCUT2D eigenvalue weighted by atomic mass is 10.1. The quantitative estimate of drug-likeness (QED) is 0.379. The molecule has 0 bridgehead atoms. The van der Waals surface area contributed by atoms with Gasteiger partial charge < -0.3 is 14.5 Å². The molecule has 1 N–H and O–H groups in total. The first-order valence-corrected chi connectivity index (χ1v) is 10.0. The van der Waals surface area contributed by atoms with E-state index < -0.39 is 5.60 Å². The minimum Gasteiger partial charge on any atom is -0.478 e. The van der Waals surface area contributed by atoms with Crippen molar-refractivity contribution in [3.05, 3.63) is 77.0 Å². The summed E-state index contributed by atoms with van der Waals surface area (Å²) in [6, 6.07) is 18.4. The Morgan fingerprint density at radius 2 is 1.77 bits per heavy atom. The third-order valence-electron chi connectivity index (χ3n) is 4.47. The van der Waals surface area contributed by atoms with Gasteiger partial charge in [0.2, 0.25) is 5.89 Å². The minimum atomic E-state index is -1.09. The summed E-state index contributed by atoms with van der Waals surface area (Å²) in [7, 11) is 0. The highest BCUT2D eigenvalue weighted by molar-refractivity contribution is 9.10. The molecule has 0 aliphatic carbocycles. The zero-order valence-corrected chi connectivity index (χ0v) is 17.9. The molecule has 0 radical (unpaired) electrons. The number of carbonyl (C=O) groups is 1. The number of nitrogens with one attached hydrogen (secondary N) is 1. The number of rotatable bonds is 5. The van der Waals surface area contributed by atoms with Crippen LogP contribution >= 0.6 is 15.9 Å². The summed E-state index contributed by atoms with van der Waals surface area (Å²) >= 11 is 3.37.